The topological polar surface area (TPSA) is 28.2 Å². The third-order valence-corrected chi connectivity index (χ3v) is 3.32. The number of likely N-dealkylation sites (tertiary alicyclic amines) is 1. The van der Waals surface area contributed by atoms with Crippen LogP contribution in [0.1, 0.15) is 13.3 Å². The van der Waals surface area contributed by atoms with E-state index in [1.165, 1.54) is 0 Å². The van der Waals surface area contributed by atoms with Gasteiger partial charge in [0.05, 0.1) is 0 Å². The van der Waals surface area contributed by atoms with Crippen molar-refractivity contribution >= 4 is 5.82 Å². The average molecular weight is 259 g/mol. The molecule has 0 aromatic carbocycles. The van der Waals surface area contributed by atoms with Gasteiger partial charge >= 0.3 is 0 Å². The second-order valence-electron chi connectivity index (χ2n) is 4.87. The van der Waals surface area contributed by atoms with E-state index in [0.717, 1.165) is 19.5 Å². The maximum atomic E-state index is 13.4. The number of halogens is 3. The van der Waals surface area contributed by atoms with E-state index in [9.17, 15) is 13.2 Å². The van der Waals surface area contributed by atoms with Gasteiger partial charge in [0.25, 0.3) is 5.95 Å². The van der Waals surface area contributed by atoms with Gasteiger partial charge < -0.3 is 10.2 Å². The molecule has 3 nitrogen and oxygen atoms in total. The molecule has 2 unspecified atom stereocenters. The fourth-order valence-corrected chi connectivity index (χ4v) is 2.29. The van der Waals surface area contributed by atoms with Crippen molar-refractivity contribution in [1.29, 1.82) is 0 Å². The molecule has 1 aliphatic heterocycles. The summed E-state index contributed by atoms with van der Waals surface area (Å²) in [4.78, 5) is 5.46. The third-order valence-electron chi connectivity index (χ3n) is 3.32. The molecule has 1 saturated heterocycles. The van der Waals surface area contributed by atoms with Crippen molar-refractivity contribution in [1.82, 2.24) is 9.88 Å². The van der Waals surface area contributed by atoms with Crippen LogP contribution in [0.4, 0.5) is 19.0 Å². The lowest BCUT2D eigenvalue weighted by Crippen LogP contribution is -2.43. The lowest BCUT2D eigenvalue weighted by atomic mass is 9.94. The van der Waals surface area contributed by atoms with Gasteiger partial charge in [0.2, 0.25) is 0 Å². The van der Waals surface area contributed by atoms with Gasteiger partial charge in [-0.3, -0.25) is 0 Å². The quantitative estimate of drug-likeness (QED) is 0.826. The van der Waals surface area contributed by atoms with Crippen LogP contribution in [0.15, 0.2) is 6.07 Å². The first-order valence-electron chi connectivity index (χ1n) is 5.94. The molecule has 1 aliphatic rings. The first-order valence-corrected chi connectivity index (χ1v) is 5.94. The highest BCUT2D eigenvalue weighted by atomic mass is 19.2. The van der Waals surface area contributed by atoms with Crippen molar-refractivity contribution in [2.45, 2.75) is 19.4 Å². The van der Waals surface area contributed by atoms with Crippen molar-refractivity contribution in [3.63, 3.8) is 0 Å². The molecule has 1 aromatic rings. The Bertz CT molecular complexity index is 439. The summed E-state index contributed by atoms with van der Waals surface area (Å²) in [6.07, 6.45) is 0.817. The molecule has 0 radical (unpaired) electrons. The van der Waals surface area contributed by atoms with Crippen LogP contribution in [-0.2, 0) is 0 Å². The van der Waals surface area contributed by atoms with Crippen molar-refractivity contribution in [2.24, 2.45) is 5.92 Å². The van der Waals surface area contributed by atoms with E-state index in [1.807, 2.05) is 14.0 Å². The number of rotatable bonds is 2. The van der Waals surface area contributed by atoms with E-state index < -0.39 is 17.6 Å². The molecule has 1 N–H and O–H groups in total. The number of aromatic nitrogens is 1. The SMILES string of the molecule is CC1CN(C)CCC1Nc1nc(F)c(F)cc1F. The highest BCUT2D eigenvalue weighted by Gasteiger charge is 2.25. The highest BCUT2D eigenvalue weighted by Crippen LogP contribution is 2.22. The van der Waals surface area contributed by atoms with Crippen LogP contribution < -0.4 is 5.32 Å². The Morgan fingerprint density at radius 1 is 1.33 bits per heavy atom. The largest absolute Gasteiger partial charge is 0.364 e. The van der Waals surface area contributed by atoms with Crippen LogP contribution in [0.25, 0.3) is 0 Å². The first kappa shape index (κ1) is 13.1. The minimum Gasteiger partial charge on any atom is -0.364 e. The summed E-state index contributed by atoms with van der Waals surface area (Å²) in [6, 6.07) is 0.539. The molecule has 0 spiro atoms. The molecule has 6 heteroatoms. The maximum absolute atomic E-state index is 13.4. The molecule has 2 rings (SSSR count). The first-order chi connectivity index (χ1) is 8.47. The molecule has 1 aromatic heterocycles. The molecule has 2 heterocycles. The zero-order valence-corrected chi connectivity index (χ0v) is 10.4. The van der Waals surface area contributed by atoms with E-state index in [4.69, 9.17) is 0 Å². The normalized spacial score (nSPS) is 25.2. The van der Waals surface area contributed by atoms with Gasteiger partial charge in [-0.05, 0) is 25.9 Å². The number of piperidine rings is 1. The Labute approximate surface area is 104 Å². The van der Waals surface area contributed by atoms with E-state index in [2.05, 4.69) is 15.2 Å². The molecule has 0 bridgehead atoms. The maximum Gasteiger partial charge on any atom is 0.251 e. The molecular formula is C12H16F3N3. The molecule has 0 saturated carbocycles. The summed E-state index contributed by atoms with van der Waals surface area (Å²) in [7, 11) is 2.02. The Balaban J connectivity index is 2.12. The Morgan fingerprint density at radius 3 is 2.72 bits per heavy atom. The minimum absolute atomic E-state index is 0.0214. The zero-order valence-electron chi connectivity index (χ0n) is 10.4. The van der Waals surface area contributed by atoms with Gasteiger partial charge in [-0.1, -0.05) is 6.92 Å². The van der Waals surface area contributed by atoms with Gasteiger partial charge in [-0.25, -0.2) is 8.78 Å². The zero-order chi connectivity index (χ0) is 13.3. The van der Waals surface area contributed by atoms with Gasteiger partial charge in [-0.15, -0.1) is 0 Å². The van der Waals surface area contributed by atoms with Crippen LogP contribution in [0.2, 0.25) is 0 Å². The Morgan fingerprint density at radius 2 is 2.06 bits per heavy atom. The van der Waals surface area contributed by atoms with Crippen molar-refractivity contribution in [2.75, 3.05) is 25.5 Å². The predicted octanol–water partition coefficient (Wildman–Crippen LogP) is 2.25. The van der Waals surface area contributed by atoms with Gasteiger partial charge in [0.1, 0.15) is 0 Å². The molecule has 18 heavy (non-hydrogen) atoms. The Kier molecular flexibility index (Phi) is 3.75. The fourth-order valence-electron chi connectivity index (χ4n) is 2.29. The van der Waals surface area contributed by atoms with Gasteiger partial charge in [0.15, 0.2) is 17.5 Å². The number of pyridine rings is 1. The second-order valence-corrected chi connectivity index (χ2v) is 4.87. The molecule has 0 aliphatic carbocycles. The number of nitrogens with one attached hydrogen (secondary N) is 1. The smallest absolute Gasteiger partial charge is 0.251 e. The summed E-state index contributed by atoms with van der Waals surface area (Å²) >= 11 is 0. The van der Waals surface area contributed by atoms with Gasteiger partial charge in [-0.2, -0.15) is 9.37 Å². The van der Waals surface area contributed by atoms with Crippen LogP contribution in [-0.4, -0.2) is 36.1 Å². The summed E-state index contributed by atoms with van der Waals surface area (Å²) < 4.78 is 39.2. The third kappa shape index (κ3) is 2.75. The number of nitrogens with zero attached hydrogens (tertiary/aromatic N) is 2. The van der Waals surface area contributed by atoms with E-state index in [1.54, 1.807) is 0 Å². The second kappa shape index (κ2) is 5.14. The van der Waals surface area contributed by atoms with Crippen molar-refractivity contribution in [3.05, 3.63) is 23.6 Å². The molecule has 0 amide bonds. The van der Waals surface area contributed by atoms with Crippen LogP contribution in [0, 0.1) is 23.5 Å². The summed E-state index contributed by atoms with van der Waals surface area (Å²) in [5.74, 6) is -3.33. The minimum atomic E-state index is -1.28. The van der Waals surface area contributed by atoms with Crippen LogP contribution >= 0.6 is 0 Å². The van der Waals surface area contributed by atoms with E-state index in [-0.39, 0.29) is 17.8 Å². The van der Waals surface area contributed by atoms with Gasteiger partial charge in [0, 0.05) is 18.7 Å². The highest BCUT2D eigenvalue weighted by molar-refractivity contribution is 5.37. The van der Waals surface area contributed by atoms with E-state index in [0.29, 0.717) is 6.07 Å². The molecule has 2 atom stereocenters. The summed E-state index contributed by atoms with van der Waals surface area (Å²) in [5, 5.41) is 2.87. The summed E-state index contributed by atoms with van der Waals surface area (Å²) in [5.41, 5.74) is 0. The number of anilines is 1. The Hall–Kier alpha value is -1.30. The lowest BCUT2D eigenvalue weighted by Gasteiger charge is -2.35. The fraction of sp³-hybridized carbons (Fsp3) is 0.583. The molecule has 1 fully saturated rings. The van der Waals surface area contributed by atoms with Crippen LogP contribution in [0.5, 0.6) is 0 Å². The summed E-state index contributed by atoms with van der Waals surface area (Å²) in [6.45, 7) is 3.79. The predicted molar refractivity (Wildman–Crippen MR) is 62.8 cm³/mol. The lowest BCUT2D eigenvalue weighted by molar-refractivity contribution is 0.205. The monoisotopic (exact) mass is 259 g/mol. The number of hydrogen-bond donors (Lipinski definition) is 1. The van der Waals surface area contributed by atoms with Crippen molar-refractivity contribution < 1.29 is 13.2 Å². The van der Waals surface area contributed by atoms with E-state index >= 15 is 0 Å². The number of hydrogen-bond acceptors (Lipinski definition) is 3. The van der Waals surface area contributed by atoms with Crippen LogP contribution in [0.3, 0.4) is 0 Å². The average Bonchev–Trinajstić information content (AvgIpc) is 2.29. The molecular weight excluding hydrogens is 243 g/mol. The standard InChI is InChI=1S/C12H16F3N3/c1-7-6-18(2)4-3-10(7)16-12-9(14)5-8(13)11(15)17-12/h5,7,10H,3-4,6H2,1-2H3,(H,16,17). The van der Waals surface area contributed by atoms with Crippen molar-refractivity contribution in [3.8, 4) is 0 Å². The molecule has 100 valence electrons.